The molecule has 0 amide bonds. The van der Waals surface area contributed by atoms with Crippen molar-refractivity contribution in [3.05, 3.63) is 12.2 Å². The number of hydrogen-bond donors (Lipinski definition) is 4. The van der Waals surface area contributed by atoms with Crippen molar-refractivity contribution >= 4 is 11.6 Å². The molecule has 6 nitrogen and oxygen atoms in total. The summed E-state index contributed by atoms with van der Waals surface area (Å²) < 4.78 is 16.8. The van der Waals surface area contributed by atoms with Crippen molar-refractivity contribution in [2.45, 2.75) is 69.4 Å². The molecule has 0 aromatic rings. The smallest absolute Gasteiger partial charge is 0.192 e. The van der Waals surface area contributed by atoms with Crippen LogP contribution in [0, 0.1) is 28.6 Å². The van der Waals surface area contributed by atoms with Gasteiger partial charge in [-0.1, -0.05) is 19.9 Å². The highest BCUT2D eigenvalue weighted by Crippen LogP contribution is 2.70. The topological polar surface area (TPSA) is 115 Å². The molecule has 4 aliphatic rings. The number of carbonyl (C=O) groups is 2. The number of rotatable bonds is 2. The molecule has 0 bridgehead atoms. The average Bonchev–Trinajstić information content (AvgIpc) is 2.84. The van der Waals surface area contributed by atoms with Crippen molar-refractivity contribution in [2.24, 2.45) is 28.6 Å². The Bertz CT molecular complexity index is 753. The van der Waals surface area contributed by atoms with Crippen molar-refractivity contribution in [3.8, 4) is 0 Å². The second-order valence-corrected chi connectivity index (χ2v) is 9.78. The van der Waals surface area contributed by atoms with Gasteiger partial charge in [-0.05, 0) is 49.5 Å². The van der Waals surface area contributed by atoms with Crippen molar-refractivity contribution in [3.63, 3.8) is 0 Å². The van der Waals surface area contributed by atoms with E-state index in [1.54, 1.807) is 19.9 Å². The molecule has 4 aliphatic carbocycles. The van der Waals surface area contributed by atoms with Crippen molar-refractivity contribution in [1.29, 1.82) is 0 Å². The maximum Gasteiger partial charge on any atom is 0.192 e. The molecular weight excluding hydrogens is 367 g/mol. The number of aliphatic hydroxyl groups is 4. The van der Waals surface area contributed by atoms with E-state index in [4.69, 9.17) is 0 Å². The van der Waals surface area contributed by atoms with Crippen LogP contribution in [0.1, 0.15) is 46.0 Å². The number of hydrogen-bond acceptors (Lipinski definition) is 6. The van der Waals surface area contributed by atoms with Gasteiger partial charge in [-0.3, -0.25) is 9.59 Å². The maximum atomic E-state index is 16.8. The lowest BCUT2D eigenvalue weighted by Crippen LogP contribution is -2.71. The fraction of sp³-hybridized carbons (Fsp3) is 0.810. The zero-order chi connectivity index (χ0) is 20.7. The van der Waals surface area contributed by atoms with Gasteiger partial charge in [-0.2, -0.15) is 0 Å². The maximum absolute atomic E-state index is 16.8. The minimum absolute atomic E-state index is 0.0329. The Morgan fingerprint density at radius 2 is 1.89 bits per heavy atom. The third-order valence-corrected chi connectivity index (χ3v) is 8.91. The lowest BCUT2D eigenvalue weighted by Gasteiger charge is -2.64. The molecule has 28 heavy (non-hydrogen) atoms. The van der Waals surface area contributed by atoms with Crippen LogP contribution in [0.5, 0.6) is 0 Å². The van der Waals surface area contributed by atoms with Crippen LogP contribution in [0.4, 0.5) is 4.39 Å². The van der Waals surface area contributed by atoms with Gasteiger partial charge in [0.25, 0.3) is 0 Å². The van der Waals surface area contributed by atoms with Crippen molar-refractivity contribution in [1.82, 2.24) is 0 Å². The quantitative estimate of drug-likeness (QED) is 0.546. The van der Waals surface area contributed by atoms with Crippen LogP contribution in [0.25, 0.3) is 0 Å². The van der Waals surface area contributed by atoms with Crippen LogP contribution in [0.15, 0.2) is 12.2 Å². The number of carbonyl (C=O) groups excluding carboxylic acids is 2. The number of alkyl halides is 1. The molecule has 2 unspecified atom stereocenters. The summed E-state index contributed by atoms with van der Waals surface area (Å²) in [4.78, 5) is 24.3. The zero-order valence-electron chi connectivity index (χ0n) is 16.3. The molecular formula is C21H29FO6. The second-order valence-electron chi connectivity index (χ2n) is 9.78. The van der Waals surface area contributed by atoms with Gasteiger partial charge < -0.3 is 20.4 Å². The van der Waals surface area contributed by atoms with E-state index in [1.165, 1.54) is 6.08 Å². The molecule has 3 saturated carbocycles. The largest absolute Gasteiger partial charge is 0.390 e. The van der Waals surface area contributed by atoms with Crippen LogP contribution in [0.2, 0.25) is 0 Å². The van der Waals surface area contributed by atoms with E-state index in [0.29, 0.717) is 12.8 Å². The standard InChI is InChI=1S/C21H29FO6/c1-18-6-5-12(24)7-11(18)3-4-13-14-8-15(25)21(28,17(27)10-23)19(14,2)9-16(26)20(13,18)22/h5-6,11,13-16,23,25-26,28H,3-4,7-10H2,1-2H3/t11?,13-,14-,15+,16-,18-,19-,20-,21?/m0/s1. The first-order chi connectivity index (χ1) is 13.0. The van der Waals surface area contributed by atoms with Crippen LogP contribution >= 0.6 is 0 Å². The van der Waals surface area contributed by atoms with Crippen molar-refractivity contribution < 1.29 is 34.4 Å². The van der Waals surface area contributed by atoms with Gasteiger partial charge in [0.2, 0.25) is 0 Å². The van der Waals surface area contributed by atoms with Gasteiger partial charge in [-0.15, -0.1) is 0 Å². The Balaban J connectivity index is 1.82. The van der Waals surface area contributed by atoms with E-state index in [1.807, 2.05) is 0 Å². The molecule has 0 aromatic carbocycles. The lowest BCUT2D eigenvalue weighted by molar-refractivity contribution is -0.241. The summed E-state index contributed by atoms with van der Waals surface area (Å²) in [7, 11) is 0. The number of allylic oxidation sites excluding steroid dienone is 2. The van der Waals surface area contributed by atoms with Gasteiger partial charge in [-0.25, -0.2) is 4.39 Å². The molecule has 0 spiro atoms. The molecule has 3 fully saturated rings. The Morgan fingerprint density at radius 1 is 1.21 bits per heavy atom. The minimum Gasteiger partial charge on any atom is -0.390 e. The Hall–Kier alpha value is -1.15. The molecule has 7 heteroatoms. The molecule has 9 atom stereocenters. The fourth-order valence-corrected chi connectivity index (χ4v) is 7.28. The SMILES string of the molecule is C[C@]12C[C@H](O)[C@@]3(F)[C@@H](CCC4CC(=O)C=C[C@@]43C)[C@@H]1C[C@@H](O)C2(O)C(=O)CO. The molecule has 4 rings (SSSR count). The molecule has 0 aromatic heterocycles. The number of fused-ring (bicyclic) bond motifs is 5. The molecule has 0 heterocycles. The van der Waals surface area contributed by atoms with Gasteiger partial charge in [0.15, 0.2) is 17.2 Å². The van der Waals surface area contributed by atoms with Crippen LogP contribution in [-0.2, 0) is 9.59 Å². The minimum atomic E-state index is -2.22. The second kappa shape index (κ2) is 5.94. The summed E-state index contributed by atoms with van der Waals surface area (Å²) in [5.74, 6) is -2.35. The summed E-state index contributed by atoms with van der Waals surface area (Å²) in [5, 5.41) is 42.2. The molecule has 0 radical (unpaired) electrons. The first kappa shape index (κ1) is 20.1. The van der Waals surface area contributed by atoms with Gasteiger partial charge in [0, 0.05) is 17.3 Å². The number of Topliss-reactive ketones (excluding diaryl/α,β-unsaturated/α-hetero) is 1. The molecule has 4 N–H and O–H groups in total. The predicted octanol–water partition coefficient (Wildman–Crippen LogP) is 0.700. The van der Waals surface area contributed by atoms with E-state index in [-0.39, 0.29) is 31.0 Å². The summed E-state index contributed by atoms with van der Waals surface area (Å²) in [6.07, 6.45) is 1.19. The zero-order valence-corrected chi connectivity index (χ0v) is 16.3. The third-order valence-electron chi connectivity index (χ3n) is 8.91. The summed E-state index contributed by atoms with van der Waals surface area (Å²) >= 11 is 0. The monoisotopic (exact) mass is 396 g/mol. The predicted molar refractivity (Wildman–Crippen MR) is 96.8 cm³/mol. The van der Waals surface area contributed by atoms with Gasteiger partial charge in [0.05, 0.1) is 12.2 Å². The molecule has 0 aliphatic heterocycles. The fourth-order valence-electron chi connectivity index (χ4n) is 7.28. The Labute approximate surface area is 163 Å². The Morgan fingerprint density at radius 3 is 2.54 bits per heavy atom. The lowest BCUT2D eigenvalue weighted by atomic mass is 9.43. The van der Waals surface area contributed by atoms with E-state index in [0.717, 1.165) is 0 Å². The normalized spacial score (nSPS) is 55.4. The van der Waals surface area contributed by atoms with Crippen molar-refractivity contribution in [2.75, 3.05) is 6.61 Å². The molecule has 156 valence electrons. The van der Waals surface area contributed by atoms with Crippen LogP contribution < -0.4 is 0 Å². The van der Waals surface area contributed by atoms with E-state index >= 15 is 4.39 Å². The average molecular weight is 396 g/mol. The highest BCUT2D eigenvalue weighted by molar-refractivity contribution is 5.91. The highest BCUT2D eigenvalue weighted by atomic mass is 19.1. The summed E-state index contributed by atoms with van der Waals surface area (Å²) in [6.45, 7) is 2.43. The van der Waals surface area contributed by atoms with E-state index in [9.17, 15) is 30.0 Å². The number of aliphatic hydroxyl groups excluding tert-OH is 3. The van der Waals surface area contributed by atoms with Crippen LogP contribution in [-0.4, -0.2) is 62.1 Å². The Kier molecular flexibility index (Phi) is 4.27. The van der Waals surface area contributed by atoms with Gasteiger partial charge in [0.1, 0.15) is 12.3 Å². The number of ketones is 2. The van der Waals surface area contributed by atoms with Crippen LogP contribution in [0.3, 0.4) is 0 Å². The molecule has 0 saturated heterocycles. The highest BCUT2D eigenvalue weighted by Gasteiger charge is 2.76. The van der Waals surface area contributed by atoms with Gasteiger partial charge >= 0.3 is 0 Å². The third kappa shape index (κ3) is 2.06. The number of halogens is 1. The first-order valence-corrected chi connectivity index (χ1v) is 10.1. The first-order valence-electron chi connectivity index (χ1n) is 10.1. The summed E-state index contributed by atoms with van der Waals surface area (Å²) in [5.41, 5.74) is -6.52. The van der Waals surface area contributed by atoms with E-state index in [2.05, 4.69) is 0 Å². The summed E-state index contributed by atoms with van der Waals surface area (Å²) in [6, 6.07) is 0. The van der Waals surface area contributed by atoms with E-state index < -0.39 is 58.5 Å².